The summed E-state index contributed by atoms with van der Waals surface area (Å²) >= 11 is 13.9. The molecule has 0 fully saturated rings. The summed E-state index contributed by atoms with van der Waals surface area (Å²) in [6, 6.07) is 13.6. The second-order valence-electron chi connectivity index (χ2n) is 5.52. The van der Waals surface area contributed by atoms with Gasteiger partial charge in [0.1, 0.15) is 5.75 Å². The van der Waals surface area contributed by atoms with Crippen molar-refractivity contribution in [2.45, 2.75) is 16.4 Å². The van der Waals surface area contributed by atoms with Crippen molar-refractivity contribution in [2.24, 2.45) is 0 Å². The van der Waals surface area contributed by atoms with Gasteiger partial charge in [0.2, 0.25) is 0 Å². The van der Waals surface area contributed by atoms with E-state index in [1.165, 1.54) is 0 Å². The summed E-state index contributed by atoms with van der Waals surface area (Å²) in [5.74, 6) is 0.809. The van der Waals surface area contributed by atoms with Crippen LogP contribution < -0.4 is 4.74 Å². The topological polar surface area (TPSA) is 36.3 Å². The molecule has 0 radical (unpaired) electrons. The van der Waals surface area contributed by atoms with Crippen LogP contribution in [0.2, 0.25) is 10.0 Å². The highest BCUT2D eigenvalue weighted by Crippen LogP contribution is 2.44. The predicted octanol–water partition coefficient (Wildman–Crippen LogP) is 5.88. The SMILES string of the molecule is COc1ccc(C(Sc2ccc(Cl)c(Cl)c2)C(OC)n2ccnc2)cc1. The minimum atomic E-state index is -0.245. The van der Waals surface area contributed by atoms with E-state index in [-0.39, 0.29) is 11.5 Å². The van der Waals surface area contributed by atoms with E-state index in [0.29, 0.717) is 10.0 Å². The van der Waals surface area contributed by atoms with Crippen molar-refractivity contribution >= 4 is 35.0 Å². The van der Waals surface area contributed by atoms with Crippen LogP contribution in [0.5, 0.6) is 5.75 Å². The molecule has 0 saturated heterocycles. The van der Waals surface area contributed by atoms with Crippen LogP contribution >= 0.6 is 35.0 Å². The standard InChI is InChI=1S/C19H18Cl2N2O2S/c1-24-14-5-3-13(4-6-14)18(19(25-2)23-10-9-22-12-23)26-15-7-8-16(20)17(21)11-15/h3-12,18-19H,1-2H3. The van der Waals surface area contributed by atoms with E-state index >= 15 is 0 Å². The van der Waals surface area contributed by atoms with Crippen LogP contribution in [-0.2, 0) is 4.74 Å². The zero-order valence-corrected chi connectivity index (χ0v) is 16.6. The molecule has 1 aromatic heterocycles. The molecule has 2 atom stereocenters. The Morgan fingerprint density at radius 3 is 2.38 bits per heavy atom. The molecule has 0 aliphatic carbocycles. The third-order valence-electron chi connectivity index (χ3n) is 3.92. The summed E-state index contributed by atoms with van der Waals surface area (Å²) in [6.07, 6.45) is 5.13. The van der Waals surface area contributed by atoms with Crippen molar-refractivity contribution in [3.05, 3.63) is 76.8 Å². The van der Waals surface area contributed by atoms with Crippen LogP contribution in [0.25, 0.3) is 0 Å². The number of hydrogen-bond acceptors (Lipinski definition) is 4. The average molecular weight is 409 g/mol. The summed E-state index contributed by atoms with van der Waals surface area (Å²) in [5, 5.41) is 1.04. The highest BCUT2D eigenvalue weighted by Gasteiger charge is 2.26. The van der Waals surface area contributed by atoms with Crippen LogP contribution in [0.4, 0.5) is 0 Å². The Morgan fingerprint density at radius 2 is 1.81 bits per heavy atom. The molecule has 0 aliphatic heterocycles. The van der Waals surface area contributed by atoms with Crippen LogP contribution in [-0.4, -0.2) is 23.8 Å². The fraction of sp³-hybridized carbons (Fsp3) is 0.211. The van der Waals surface area contributed by atoms with E-state index in [2.05, 4.69) is 4.98 Å². The van der Waals surface area contributed by atoms with E-state index in [1.807, 2.05) is 47.2 Å². The number of aromatic nitrogens is 2. The molecule has 136 valence electrons. The third-order valence-corrected chi connectivity index (χ3v) is 5.94. The zero-order chi connectivity index (χ0) is 18.5. The van der Waals surface area contributed by atoms with Crippen molar-refractivity contribution < 1.29 is 9.47 Å². The maximum Gasteiger partial charge on any atom is 0.150 e. The quantitative estimate of drug-likeness (QED) is 0.457. The molecule has 1 heterocycles. The third kappa shape index (κ3) is 4.35. The number of thioether (sulfide) groups is 1. The van der Waals surface area contributed by atoms with Crippen LogP contribution in [0.15, 0.2) is 66.1 Å². The molecule has 0 aliphatic rings. The van der Waals surface area contributed by atoms with Crippen LogP contribution in [0, 0.1) is 0 Å². The Morgan fingerprint density at radius 1 is 1.04 bits per heavy atom. The van der Waals surface area contributed by atoms with Gasteiger partial charge in [0.15, 0.2) is 6.23 Å². The molecule has 4 nitrogen and oxygen atoms in total. The van der Waals surface area contributed by atoms with Crippen molar-refractivity contribution in [3.63, 3.8) is 0 Å². The Balaban J connectivity index is 1.97. The van der Waals surface area contributed by atoms with Crippen molar-refractivity contribution in [1.29, 1.82) is 0 Å². The first-order chi connectivity index (χ1) is 12.6. The molecule has 26 heavy (non-hydrogen) atoms. The fourth-order valence-corrected chi connectivity index (χ4v) is 4.25. The molecule has 3 rings (SSSR count). The smallest absolute Gasteiger partial charge is 0.150 e. The number of halogens is 2. The Bertz CT molecular complexity index is 841. The minimum absolute atomic E-state index is 0.0302. The van der Waals surface area contributed by atoms with Crippen molar-refractivity contribution in [3.8, 4) is 5.75 Å². The molecule has 0 bridgehead atoms. The summed E-state index contributed by atoms with van der Waals surface area (Å²) in [5.41, 5.74) is 1.10. The number of rotatable bonds is 7. The molecular formula is C19H18Cl2N2O2S. The van der Waals surface area contributed by atoms with Gasteiger partial charge >= 0.3 is 0 Å². The first kappa shape index (κ1) is 19.1. The number of methoxy groups -OCH3 is 2. The lowest BCUT2D eigenvalue weighted by Gasteiger charge is -2.27. The molecule has 0 saturated carbocycles. The van der Waals surface area contributed by atoms with Gasteiger partial charge in [-0.15, -0.1) is 11.8 Å². The van der Waals surface area contributed by atoms with Gasteiger partial charge in [0, 0.05) is 24.4 Å². The van der Waals surface area contributed by atoms with Gasteiger partial charge in [-0.3, -0.25) is 0 Å². The first-order valence-electron chi connectivity index (χ1n) is 7.88. The molecule has 7 heteroatoms. The van der Waals surface area contributed by atoms with Gasteiger partial charge in [0.25, 0.3) is 0 Å². The zero-order valence-electron chi connectivity index (χ0n) is 14.3. The molecule has 2 unspecified atom stereocenters. The van der Waals surface area contributed by atoms with E-state index in [0.717, 1.165) is 16.2 Å². The maximum atomic E-state index is 6.19. The molecule has 3 aromatic rings. The van der Waals surface area contributed by atoms with E-state index in [9.17, 15) is 0 Å². The number of nitrogens with zero attached hydrogens (tertiary/aromatic N) is 2. The average Bonchev–Trinajstić information content (AvgIpc) is 3.19. The number of imidazole rings is 1. The highest BCUT2D eigenvalue weighted by molar-refractivity contribution is 7.99. The lowest BCUT2D eigenvalue weighted by Crippen LogP contribution is -2.17. The Labute approximate surface area is 167 Å². The summed E-state index contributed by atoms with van der Waals surface area (Å²) in [7, 11) is 3.34. The Hall–Kier alpha value is -1.66. The van der Waals surface area contributed by atoms with Crippen LogP contribution in [0.3, 0.4) is 0 Å². The number of hydrogen-bond donors (Lipinski definition) is 0. The number of benzene rings is 2. The van der Waals surface area contributed by atoms with Gasteiger partial charge < -0.3 is 14.0 Å². The molecule has 0 N–H and O–H groups in total. The molecule has 2 aromatic carbocycles. The largest absolute Gasteiger partial charge is 0.497 e. The maximum absolute atomic E-state index is 6.19. The van der Waals surface area contributed by atoms with Gasteiger partial charge in [-0.2, -0.15) is 0 Å². The molecular weight excluding hydrogens is 391 g/mol. The predicted molar refractivity (Wildman–Crippen MR) is 106 cm³/mol. The van der Waals surface area contributed by atoms with Crippen molar-refractivity contribution in [2.75, 3.05) is 14.2 Å². The lowest BCUT2D eigenvalue weighted by atomic mass is 10.1. The first-order valence-corrected chi connectivity index (χ1v) is 9.52. The van der Waals surface area contributed by atoms with Gasteiger partial charge in [0.05, 0.1) is 28.7 Å². The highest BCUT2D eigenvalue weighted by atomic mass is 35.5. The minimum Gasteiger partial charge on any atom is -0.497 e. The molecule has 0 amide bonds. The van der Waals surface area contributed by atoms with Gasteiger partial charge in [-0.25, -0.2) is 4.98 Å². The summed E-state index contributed by atoms with van der Waals surface area (Å²) in [6.45, 7) is 0. The summed E-state index contributed by atoms with van der Waals surface area (Å²) in [4.78, 5) is 5.14. The van der Waals surface area contributed by atoms with E-state index in [1.54, 1.807) is 44.6 Å². The normalized spacial score (nSPS) is 13.4. The lowest BCUT2D eigenvalue weighted by molar-refractivity contribution is 0.0418. The second kappa shape index (κ2) is 8.82. The van der Waals surface area contributed by atoms with E-state index in [4.69, 9.17) is 32.7 Å². The monoisotopic (exact) mass is 408 g/mol. The van der Waals surface area contributed by atoms with E-state index < -0.39 is 0 Å². The van der Waals surface area contributed by atoms with Gasteiger partial charge in [-0.1, -0.05) is 35.3 Å². The van der Waals surface area contributed by atoms with Gasteiger partial charge in [-0.05, 0) is 35.9 Å². The molecule has 0 spiro atoms. The van der Waals surface area contributed by atoms with Crippen LogP contribution in [0.1, 0.15) is 17.0 Å². The fourth-order valence-electron chi connectivity index (χ4n) is 2.60. The number of ether oxygens (including phenoxy) is 2. The Kier molecular flexibility index (Phi) is 6.48. The van der Waals surface area contributed by atoms with Crippen molar-refractivity contribution in [1.82, 2.24) is 9.55 Å². The summed E-state index contributed by atoms with van der Waals surface area (Å²) < 4.78 is 13.0. The second-order valence-corrected chi connectivity index (χ2v) is 7.55.